The summed E-state index contributed by atoms with van der Waals surface area (Å²) in [6.45, 7) is 7.90. The summed E-state index contributed by atoms with van der Waals surface area (Å²) in [7, 11) is 0.766. The third-order valence-corrected chi connectivity index (χ3v) is 4.60. The number of methoxy groups -OCH3 is 1. The van der Waals surface area contributed by atoms with Gasteiger partial charge in [0.25, 0.3) is 0 Å². The number of esters is 1. The molecule has 0 bridgehead atoms. The molecule has 6 heteroatoms. The molecular weight excluding hydrogens is 323 g/mol. The maximum atomic E-state index is 12.0. The second-order valence-electron chi connectivity index (χ2n) is 5.78. The highest BCUT2D eigenvalue weighted by Gasteiger charge is 2.52. The van der Waals surface area contributed by atoms with Gasteiger partial charge in [-0.15, -0.1) is 0 Å². The van der Waals surface area contributed by atoms with Gasteiger partial charge in [-0.25, -0.2) is 4.79 Å². The molecule has 1 aromatic carbocycles. The lowest BCUT2D eigenvalue weighted by Gasteiger charge is -2.32. The minimum absolute atomic E-state index is 0.415. The van der Waals surface area contributed by atoms with Crippen LogP contribution in [0.1, 0.15) is 38.1 Å². The van der Waals surface area contributed by atoms with Crippen LogP contribution in [0.25, 0.3) is 0 Å². The van der Waals surface area contributed by atoms with E-state index in [4.69, 9.17) is 14.0 Å². The first-order valence-electron chi connectivity index (χ1n) is 6.42. The van der Waals surface area contributed by atoms with Crippen LogP contribution in [-0.2, 0) is 14.0 Å². The molecule has 0 atom stereocenters. The lowest BCUT2D eigenvalue weighted by molar-refractivity contribution is 0.00578. The van der Waals surface area contributed by atoms with Crippen molar-refractivity contribution in [1.29, 1.82) is 0 Å². The van der Waals surface area contributed by atoms with Crippen molar-refractivity contribution in [1.82, 2.24) is 0 Å². The molecule has 1 saturated heterocycles. The summed E-state index contributed by atoms with van der Waals surface area (Å²) in [4.78, 5) is 12.0. The van der Waals surface area contributed by atoms with E-state index in [1.807, 2.05) is 39.8 Å². The summed E-state index contributed by atoms with van der Waals surface area (Å²) in [6.07, 6.45) is 0. The molecule has 1 heterocycles. The van der Waals surface area contributed by atoms with Crippen molar-refractivity contribution in [2.45, 2.75) is 38.9 Å². The topological polar surface area (TPSA) is 44.8 Å². The SMILES string of the molecule is COC(=O)c1c(Br)cccc1B1OC(C)(C)C(C)(C)O1. The Morgan fingerprint density at radius 3 is 2.25 bits per heavy atom. The molecule has 0 spiro atoms. The molecule has 0 aliphatic carbocycles. The molecule has 1 aliphatic rings. The zero-order valence-electron chi connectivity index (χ0n) is 12.3. The molecule has 0 saturated carbocycles. The normalized spacial score (nSPS) is 20.0. The first-order valence-corrected chi connectivity index (χ1v) is 7.21. The quantitative estimate of drug-likeness (QED) is 0.613. The molecule has 0 amide bonds. The van der Waals surface area contributed by atoms with Crippen LogP contribution in [-0.4, -0.2) is 31.4 Å². The highest BCUT2D eigenvalue weighted by atomic mass is 79.9. The summed E-state index contributed by atoms with van der Waals surface area (Å²) in [6, 6.07) is 5.46. The first kappa shape index (κ1) is 15.5. The Hall–Kier alpha value is -0.845. The zero-order chi connectivity index (χ0) is 15.1. The van der Waals surface area contributed by atoms with E-state index in [1.54, 1.807) is 6.07 Å². The molecule has 0 unspecified atom stereocenters. The van der Waals surface area contributed by atoms with Crippen LogP contribution >= 0.6 is 15.9 Å². The number of hydrogen-bond donors (Lipinski definition) is 0. The second kappa shape index (κ2) is 5.17. The predicted molar refractivity (Wildman–Crippen MR) is 81.2 cm³/mol. The molecule has 0 N–H and O–H groups in total. The Kier molecular flexibility index (Phi) is 4.02. The van der Waals surface area contributed by atoms with Gasteiger partial charge >= 0.3 is 13.1 Å². The fraction of sp³-hybridized carbons (Fsp3) is 0.500. The maximum absolute atomic E-state index is 12.0. The third-order valence-electron chi connectivity index (χ3n) is 3.94. The Balaban J connectivity index is 2.46. The minimum Gasteiger partial charge on any atom is -0.465 e. The van der Waals surface area contributed by atoms with Crippen LogP contribution in [0, 0.1) is 0 Å². The minimum atomic E-state index is -0.591. The van der Waals surface area contributed by atoms with E-state index in [1.165, 1.54) is 7.11 Å². The monoisotopic (exact) mass is 340 g/mol. The van der Waals surface area contributed by atoms with Crippen LogP contribution < -0.4 is 5.46 Å². The van der Waals surface area contributed by atoms with Crippen molar-refractivity contribution in [2.75, 3.05) is 7.11 Å². The molecule has 4 nitrogen and oxygen atoms in total. The number of carbonyl (C=O) groups is 1. The fourth-order valence-electron chi connectivity index (χ4n) is 2.02. The fourth-order valence-corrected chi connectivity index (χ4v) is 2.57. The molecule has 0 radical (unpaired) electrons. The summed E-state index contributed by atoms with van der Waals surface area (Å²) in [5.41, 5.74) is 0.208. The summed E-state index contributed by atoms with van der Waals surface area (Å²) in [5, 5.41) is 0. The average molecular weight is 341 g/mol. The average Bonchev–Trinajstić information content (AvgIpc) is 2.57. The number of carbonyl (C=O) groups excluding carboxylic acids is 1. The maximum Gasteiger partial charge on any atom is 0.495 e. The van der Waals surface area contributed by atoms with Crippen molar-refractivity contribution in [3.05, 3.63) is 28.2 Å². The Morgan fingerprint density at radius 2 is 1.75 bits per heavy atom. The van der Waals surface area contributed by atoms with Crippen LogP contribution in [0.4, 0.5) is 0 Å². The summed E-state index contributed by atoms with van der Waals surface area (Å²) in [5.74, 6) is -0.415. The highest BCUT2D eigenvalue weighted by Crippen LogP contribution is 2.37. The molecule has 1 aliphatic heterocycles. The van der Waals surface area contributed by atoms with E-state index in [0.29, 0.717) is 15.5 Å². The zero-order valence-corrected chi connectivity index (χ0v) is 13.9. The van der Waals surface area contributed by atoms with Crippen molar-refractivity contribution < 1.29 is 18.8 Å². The van der Waals surface area contributed by atoms with Crippen molar-refractivity contribution in [3.63, 3.8) is 0 Å². The van der Waals surface area contributed by atoms with Gasteiger partial charge < -0.3 is 14.0 Å². The van der Waals surface area contributed by atoms with E-state index in [2.05, 4.69) is 15.9 Å². The van der Waals surface area contributed by atoms with E-state index < -0.39 is 24.3 Å². The summed E-state index contributed by atoms with van der Waals surface area (Å²) < 4.78 is 17.5. The molecule has 1 aromatic rings. The number of halogens is 1. The lowest BCUT2D eigenvalue weighted by Crippen LogP contribution is -2.41. The molecular formula is C14H18BBrO4. The number of hydrogen-bond acceptors (Lipinski definition) is 4. The van der Waals surface area contributed by atoms with Gasteiger partial charge in [0.1, 0.15) is 0 Å². The Bertz CT molecular complexity index is 526. The highest BCUT2D eigenvalue weighted by molar-refractivity contribution is 9.10. The van der Waals surface area contributed by atoms with Gasteiger partial charge in [-0.1, -0.05) is 12.1 Å². The molecule has 108 valence electrons. The van der Waals surface area contributed by atoms with Gasteiger partial charge in [-0.05, 0) is 55.2 Å². The van der Waals surface area contributed by atoms with E-state index >= 15 is 0 Å². The summed E-state index contributed by atoms with van der Waals surface area (Å²) >= 11 is 3.38. The van der Waals surface area contributed by atoms with Gasteiger partial charge in [-0.3, -0.25) is 0 Å². The van der Waals surface area contributed by atoms with Crippen LogP contribution in [0.3, 0.4) is 0 Å². The van der Waals surface area contributed by atoms with Gasteiger partial charge in [0, 0.05) is 4.47 Å². The number of rotatable bonds is 2. The largest absolute Gasteiger partial charge is 0.495 e. The van der Waals surface area contributed by atoms with Gasteiger partial charge in [-0.2, -0.15) is 0 Å². The number of benzene rings is 1. The van der Waals surface area contributed by atoms with Crippen LogP contribution in [0.15, 0.2) is 22.7 Å². The van der Waals surface area contributed by atoms with Crippen LogP contribution in [0.2, 0.25) is 0 Å². The third kappa shape index (κ3) is 2.52. The van der Waals surface area contributed by atoms with Crippen molar-refractivity contribution in [2.24, 2.45) is 0 Å². The standard InChI is InChI=1S/C14H18BBrO4/c1-13(2)14(3,4)20-15(19-13)9-7-6-8-10(16)11(9)12(17)18-5/h6-8H,1-5H3. The van der Waals surface area contributed by atoms with Crippen molar-refractivity contribution >= 4 is 34.5 Å². The van der Waals surface area contributed by atoms with E-state index in [0.717, 1.165) is 0 Å². The van der Waals surface area contributed by atoms with Gasteiger partial charge in [0.15, 0.2) is 0 Å². The van der Waals surface area contributed by atoms with E-state index in [9.17, 15) is 4.79 Å². The predicted octanol–water partition coefficient (Wildman–Crippen LogP) is 2.53. The number of ether oxygens (including phenoxy) is 1. The Morgan fingerprint density at radius 1 is 1.20 bits per heavy atom. The first-order chi connectivity index (χ1) is 9.19. The molecule has 20 heavy (non-hydrogen) atoms. The lowest BCUT2D eigenvalue weighted by atomic mass is 9.76. The van der Waals surface area contributed by atoms with E-state index in [-0.39, 0.29) is 0 Å². The van der Waals surface area contributed by atoms with Crippen molar-refractivity contribution in [3.8, 4) is 0 Å². The second-order valence-corrected chi connectivity index (χ2v) is 6.64. The van der Waals surface area contributed by atoms with Crippen LogP contribution in [0.5, 0.6) is 0 Å². The smallest absolute Gasteiger partial charge is 0.465 e. The molecule has 0 aromatic heterocycles. The van der Waals surface area contributed by atoms with Gasteiger partial charge in [0.2, 0.25) is 0 Å². The molecule has 2 rings (SSSR count). The molecule has 1 fully saturated rings. The van der Waals surface area contributed by atoms with Gasteiger partial charge in [0.05, 0.1) is 23.9 Å². The Labute approximate surface area is 128 Å².